The summed E-state index contributed by atoms with van der Waals surface area (Å²) < 4.78 is 13.4. The van der Waals surface area contributed by atoms with Crippen molar-refractivity contribution < 1.29 is 124 Å². The molecule has 4 heterocycles. The first-order valence-corrected chi connectivity index (χ1v) is 39.8. The molecule has 1 atom stereocenters. The summed E-state index contributed by atoms with van der Waals surface area (Å²) in [6, 6.07) is 107. The van der Waals surface area contributed by atoms with Gasteiger partial charge >= 0.3 is 23.1 Å². The van der Waals surface area contributed by atoms with Gasteiger partial charge < -0.3 is 40.4 Å². The molecule has 1 unspecified atom stereocenters. The van der Waals surface area contributed by atoms with Crippen LogP contribution in [0.5, 0.6) is 0 Å². The number of carbonyl (C=O) groups excluding carboxylic acids is 4. The first kappa shape index (κ1) is 102. The Morgan fingerprint density at radius 3 is 1.06 bits per heavy atom. The van der Waals surface area contributed by atoms with E-state index in [-0.39, 0.29) is 138 Å². The number of aromatic nitrogens is 4. The zero-order valence-corrected chi connectivity index (χ0v) is 80.5. The molecular weight excluding hydrogens is 2270 g/mol. The van der Waals surface area contributed by atoms with Crippen molar-refractivity contribution in [1.29, 1.82) is 0 Å². The van der Waals surface area contributed by atoms with Crippen molar-refractivity contribution in [3.8, 4) is 56.2 Å². The number of ketones is 4. The van der Waals surface area contributed by atoms with Gasteiger partial charge in [-0.2, -0.15) is 0 Å². The average Bonchev–Trinajstić information content (AvgIpc) is 0.751. The molecule has 125 heavy (non-hydrogen) atoms. The Hall–Kier alpha value is -12.1. The molecular formula is C108H99FIr4N4O8. The smallest absolute Gasteiger partial charge is 0.316 e. The number of unbranched alkanes of at least 4 members (excludes halogenated alkanes) is 1. The van der Waals surface area contributed by atoms with Gasteiger partial charge in [-0.25, -0.2) is 0 Å². The molecule has 0 aliphatic heterocycles. The predicted octanol–water partition coefficient (Wildman–Crippen LogP) is 27.4. The number of benzene rings is 13. The first-order valence-electron chi connectivity index (χ1n) is 39.8. The van der Waals surface area contributed by atoms with Gasteiger partial charge in [0.05, 0.1) is 69.3 Å². The van der Waals surface area contributed by atoms with Crippen LogP contribution in [0.25, 0.3) is 142 Å². The van der Waals surface area contributed by atoms with Crippen molar-refractivity contribution in [2.24, 2.45) is 5.92 Å². The van der Waals surface area contributed by atoms with Crippen LogP contribution in [0.15, 0.2) is 351 Å². The number of hydrogen-bond donors (Lipinski definition) is 4. The van der Waals surface area contributed by atoms with Crippen molar-refractivity contribution in [2.75, 3.05) is 0 Å². The Balaban J connectivity index is 0.000000229. The van der Waals surface area contributed by atoms with Gasteiger partial charge in [0.15, 0.2) is 0 Å². The molecule has 0 amide bonds. The van der Waals surface area contributed by atoms with Crippen LogP contribution in [-0.2, 0) is 80.4 Å². The quantitative estimate of drug-likeness (QED) is 0.0285. The summed E-state index contributed by atoms with van der Waals surface area (Å²) in [5.41, 5.74) is 10.9. The minimum Gasteiger partial charge on any atom is -0.512 e. The third kappa shape index (κ3) is 30.1. The molecule has 0 spiro atoms. The number of hydrogen-bond acceptors (Lipinski definition) is 8. The second kappa shape index (κ2) is 51.2. The van der Waals surface area contributed by atoms with Crippen LogP contribution >= 0.6 is 0 Å². The van der Waals surface area contributed by atoms with Crippen LogP contribution in [0.4, 0.5) is 4.39 Å². The summed E-state index contributed by atoms with van der Waals surface area (Å²) in [6.07, 6.45) is 16.3. The number of aliphatic hydroxyl groups is 4. The first-order chi connectivity index (χ1) is 58.4. The van der Waals surface area contributed by atoms with E-state index in [2.05, 4.69) is 229 Å². The molecule has 642 valence electrons. The van der Waals surface area contributed by atoms with Crippen LogP contribution < -0.4 is 0 Å². The number of nitrogens with zero attached hydrogens (tertiary/aromatic N) is 4. The summed E-state index contributed by atoms with van der Waals surface area (Å²) in [5.74, 6) is 1.05. The van der Waals surface area contributed by atoms with Crippen molar-refractivity contribution in [3.63, 3.8) is 0 Å². The van der Waals surface area contributed by atoms with Gasteiger partial charge in [-0.3, -0.25) is 23.6 Å². The predicted molar refractivity (Wildman–Crippen MR) is 503 cm³/mol. The van der Waals surface area contributed by atoms with Crippen LogP contribution in [0.1, 0.15) is 87.1 Å². The molecule has 0 fully saturated rings. The van der Waals surface area contributed by atoms with E-state index >= 15 is 0 Å². The van der Waals surface area contributed by atoms with Crippen LogP contribution in [0.3, 0.4) is 0 Å². The summed E-state index contributed by atoms with van der Waals surface area (Å²) in [4.78, 5) is 52.7. The maximum atomic E-state index is 13.4. The third-order valence-corrected chi connectivity index (χ3v) is 19.1. The van der Waals surface area contributed by atoms with E-state index in [0.29, 0.717) is 0 Å². The van der Waals surface area contributed by atoms with E-state index in [1.807, 2.05) is 117 Å². The van der Waals surface area contributed by atoms with E-state index in [9.17, 15) is 9.50 Å². The number of halogens is 1. The maximum Gasteiger partial charge on any atom is 0.316 e. The number of pyridine rings is 4. The minimum absolute atomic E-state index is 0. The van der Waals surface area contributed by atoms with Crippen molar-refractivity contribution >= 4 is 109 Å². The second-order valence-electron chi connectivity index (χ2n) is 29.1. The van der Waals surface area contributed by atoms with E-state index in [1.165, 1.54) is 159 Å². The molecule has 0 bridgehead atoms. The summed E-state index contributed by atoms with van der Waals surface area (Å²) in [6.45, 7) is 16.7. The summed E-state index contributed by atoms with van der Waals surface area (Å²) in [5, 5.41) is 53.9. The normalized spacial score (nSPS) is 11.1. The van der Waals surface area contributed by atoms with Gasteiger partial charge in [0.25, 0.3) is 0 Å². The fourth-order valence-corrected chi connectivity index (χ4v) is 13.5. The monoisotopic (exact) mass is 2370 g/mol. The number of fused-ring (bicyclic) bond motifs is 12. The topological polar surface area (TPSA) is 218 Å². The zero-order chi connectivity index (χ0) is 86.3. The Bertz CT molecular complexity index is 6360. The van der Waals surface area contributed by atoms with Crippen molar-refractivity contribution in [3.05, 3.63) is 387 Å². The zero-order valence-electron chi connectivity index (χ0n) is 71.0. The molecule has 4 radical (unpaired) electrons. The molecule has 13 aromatic carbocycles. The Labute approximate surface area is 784 Å². The van der Waals surface area contributed by atoms with Gasteiger partial charge in [-0.1, -0.05) is 228 Å². The van der Waals surface area contributed by atoms with Crippen LogP contribution in [-0.4, -0.2) is 82.7 Å². The number of rotatable bonds is 13. The average molecular weight is 2370 g/mol. The number of aliphatic hydroxyl groups excluding tert-OH is 4. The third-order valence-electron chi connectivity index (χ3n) is 19.1. The van der Waals surface area contributed by atoms with Gasteiger partial charge in [0.1, 0.15) is 5.76 Å². The van der Waals surface area contributed by atoms with Gasteiger partial charge in [-0.15, -0.1) is 137 Å². The van der Waals surface area contributed by atoms with Crippen molar-refractivity contribution in [1.82, 2.24) is 19.9 Å². The fraction of sp³-hybridized carbons (Fsp3) is 0.130. The van der Waals surface area contributed by atoms with E-state index < -0.39 is 0 Å². The standard InChI is InChI=1S/C25H15FN.C20H14N.2C19H12N.C10H18O2.3C5H8O2.4Ir/c26-20-13-10-19(11-14-20)25-24(18-7-2-1-3-8-18)22-15-12-17-6-4-5-9-21(17)23(22)16-27-25;1-14-6-8-16(9-7-14)20-12-17-11-10-15-4-2-3-5-18(15)19(17)13-21-20;2*1-2-7-15(8-3-1)19-12-16-11-10-14-6-4-5-9-17(14)18(16)13-20-19;1-4-5-6-8(2)10(12)7-9(3)11;3*1-4(6)3-5(2)7;;;;/h1-10,12-16H;2-8,10-13H,1H3;2*1-7,9-13H;7-8,12H,4-6H2,1-3H3;3*3,6H,1-2H3;;;;/q4*-1;;;;;;;;/p+4. The molecule has 0 saturated heterocycles. The molecule has 8 N–H and O–H groups in total. The molecule has 12 nitrogen and oxygen atoms in total. The van der Waals surface area contributed by atoms with E-state index in [4.69, 9.17) is 39.5 Å². The molecule has 0 saturated carbocycles. The largest absolute Gasteiger partial charge is 0.512 e. The summed E-state index contributed by atoms with van der Waals surface area (Å²) >= 11 is 0. The molecule has 0 aliphatic carbocycles. The van der Waals surface area contributed by atoms with Crippen molar-refractivity contribution in [2.45, 2.75) is 88.5 Å². The van der Waals surface area contributed by atoms with Crippen LogP contribution in [0.2, 0.25) is 0 Å². The summed E-state index contributed by atoms with van der Waals surface area (Å²) in [7, 11) is 0. The van der Waals surface area contributed by atoms with Gasteiger partial charge in [0, 0.05) is 138 Å². The second-order valence-corrected chi connectivity index (χ2v) is 29.1. The van der Waals surface area contributed by atoms with Gasteiger partial charge in [0.2, 0.25) is 0 Å². The van der Waals surface area contributed by atoms with Gasteiger partial charge in [-0.05, 0) is 126 Å². The Kier molecular flexibility index (Phi) is 41.7. The number of allylic oxidation sites excluding steroid dienone is 8. The molecule has 17 heteroatoms. The van der Waals surface area contributed by atoms with E-state index in [1.54, 1.807) is 13.0 Å². The number of aryl methyl sites for hydroxylation is 1. The Morgan fingerprint density at radius 2 is 0.712 bits per heavy atom. The molecule has 17 rings (SSSR count). The Morgan fingerprint density at radius 1 is 0.360 bits per heavy atom. The SMILES string of the molecule is CC(=[OH+])C=C(C)O.CC(=[OH+])C=C(C)O.CC(=[OH+])C=C(C)O.CCCCC(C)C(O)=CC(C)=[OH+].Cc1c[c-]c(-c2cc3ccc4ccccc4c3cn2)cc1.Fc1c[c-]c(-c2ncc3c(ccc4ccccc43)c2-c2ccccc2)cc1.[Ir].[Ir].[Ir].[Ir].[c-]1ccccc1-c1cc2ccc3ccccc3c2cn1.[c-]1ccccc1-c1cc2ccc3ccccc3c2cn1. The minimum atomic E-state index is -0.299. The van der Waals surface area contributed by atoms with E-state index in [0.717, 1.165) is 86.2 Å². The molecule has 17 aromatic rings. The fourth-order valence-electron chi connectivity index (χ4n) is 13.5. The molecule has 4 aromatic heterocycles. The van der Waals surface area contributed by atoms with Crippen LogP contribution in [0, 0.1) is 42.9 Å². The maximum absolute atomic E-state index is 13.4. The molecule has 0 aliphatic rings.